The number of halogens is 2. The van der Waals surface area contributed by atoms with E-state index >= 15 is 0 Å². The number of hydrogen-bond acceptors (Lipinski definition) is 5. The third-order valence-corrected chi connectivity index (χ3v) is 3.02. The molecule has 0 spiro atoms. The van der Waals surface area contributed by atoms with Crippen molar-refractivity contribution in [2.24, 2.45) is 5.29 Å². The van der Waals surface area contributed by atoms with Crippen molar-refractivity contribution < 1.29 is 17.1 Å². The summed E-state index contributed by atoms with van der Waals surface area (Å²) in [7, 11) is -4.79. The fourth-order valence-electron chi connectivity index (χ4n) is 1.15. The third-order valence-electron chi connectivity index (χ3n) is 2.02. The molecule has 0 aliphatic carbocycles. The molecule has 0 saturated heterocycles. The van der Waals surface area contributed by atoms with Gasteiger partial charge in [0.15, 0.2) is 0 Å². The van der Waals surface area contributed by atoms with Gasteiger partial charge in [-0.2, -0.15) is 13.4 Å². The minimum atomic E-state index is -4.79. The number of carbonyl (C=O) groups excluding carboxylic acids is 1. The van der Waals surface area contributed by atoms with Gasteiger partial charge in [-0.05, 0) is 24.3 Å². The minimum Gasteiger partial charge on any atom is -0.306 e. The Kier molecular flexibility index (Phi) is 5.19. The maximum absolute atomic E-state index is 12.6. The van der Waals surface area contributed by atoms with Crippen LogP contribution in [0.15, 0.2) is 34.4 Å². The first-order valence-corrected chi connectivity index (χ1v) is 6.82. The van der Waals surface area contributed by atoms with Crippen LogP contribution in [0.2, 0.25) is 0 Å². The van der Waals surface area contributed by atoms with Crippen molar-refractivity contribution in [3.63, 3.8) is 0 Å². The van der Waals surface area contributed by atoms with E-state index in [4.69, 9.17) is 11.6 Å². The highest BCUT2D eigenvalue weighted by Crippen LogP contribution is 2.16. The van der Waals surface area contributed by atoms with Crippen molar-refractivity contribution in [2.45, 2.75) is 4.90 Å². The van der Waals surface area contributed by atoms with Crippen molar-refractivity contribution in [2.75, 3.05) is 17.7 Å². The number of nitroso groups, excluding NO2 is 1. The van der Waals surface area contributed by atoms with E-state index in [0.717, 1.165) is 12.1 Å². The third kappa shape index (κ3) is 4.45. The van der Waals surface area contributed by atoms with Crippen LogP contribution in [0.5, 0.6) is 0 Å². The van der Waals surface area contributed by atoms with Crippen LogP contribution in [-0.2, 0) is 10.2 Å². The van der Waals surface area contributed by atoms with Gasteiger partial charge in [-0.1, -0.05) is 0 Å². The van der Waals surface area contributed by atoms with Gasteiger partial charge in [-0.3, -0.25) is 0 Å². The van der Waals surface area contributed by atoms with E-state index in [1.54, 1.807) is 0 Å². The molecule has 7 nitrogen and oxygen atoms in total. The lowest BCUT2D eigenvalue weighted by Crippen LogP contribution is -2.31. The number of rotatable bonds is 5. The molecule has 104 valence electrons. The molecule has 0 heterocycles. The lowest BCUT2D eigenvalue weighted by Gasteiger charge is -2.12. The average molecular weight is 310 g/mol. The van der Waals surface area contributed by atoms with E-state index in [0.29, 0.717) is 5.01 Å². The van der Waals surface area contributed by atoms with Crippen molar-refractivity contribution >= 4 is 33.5 Å². The average Bonchev–Trinajstić information content (AvgIpc) is 2.35. The van der Waals surface area contributed by atoms with Crippen molar-refractivity contribution in [3.8, 4) is 0 Å². The summed E-state index contributed by atoms with van der Waals surface area (Å²) in [6.45, 7) is -0.0756. The van der Waals surface area contributed by atoms with E-state index in [1.165, 1.54) is 12.1 Å². The van der Waals surface area contributed by atoms with Gasteiger partial charge in [-0.25, -0.2) is 4.79 Å². The number of nitrogens with one attached hydrogen (secondary N) is 1. The molecule has 0 unspecified atom stereocenters. The fourth-order valence-corrected chi connectivity index (χ4v) is 1.77. The molecule has 0 radical (unpaired) electrons. The summed E-state index contributed by atoms with van der Waals surface area (Å²) >= 11 is 5.36. The molecule has 0 aromatic heterocycles. The molecule has 0 bridgehead atoms. The quantitative estimate of drug-likeness (QED) is 0.390. The number of amides is 2. The number of alkyl halides is 1. The molecule has 0 atom stereocenters. The Labute approximate surface area is 113 Å². The topological polar surface area (TPSA) is 95.9 Å². The van der Waals surface area contributed by atoms with Crippen molar-refractivity contribution in [3.05, 3.63) is 29.2 Å². The molecule has 0 aliphatic rings. The van der Waals surface area contributed by atoms with Gasteiger partial charge in [0.2, 0.25) is 0 Å². The van der Waals surface area contributed by atoms with Gasteiger partial charge >= 0.3 is 16.3 Å². The highest BCUT2D eigenvalue weighted by Gasteiger charge is 2.15. The lowest BCUT2D eigenvalue weighted by molar-refractivity contribution is 0.216. The molecule has 1 aromatic rings. The summed E-state index contributed by atoms with van der Waals surface area (Å²) in [5, 5.41) is 5.30. The molecular formula is C9H9ClFN3O4S. The van der Waals surface area contributed by atoms with Crippen LogP contribution >= 0.6 is 11.6 Å². The number of hydrogen-bond donors (Lipinski definition) is 1. The normalized spacial score (nSPS) is 10.8. The summed E-state index contributed by atoms with van der Waals surface area (Å²) in [5.74, 6) is 0.0260. The van der Waals surface area contributed by atoms with Crippen LogP contribution < -0.4 is 5.32 Å². The van der Waals surface area contributed by atoms with E-state index < -0.39 is 21.1 Å². The molecule has 0 fully saturated rings. The van der Waals surface area contributed by atoms with Gasteiger partial charge in [0.1, 0.15) is 0 Å². The van der Waals surface area contributed by atoms with Crippen LogP contribution in [0, 0.1) is 4.91 Å². The molecule has 19 heavy (non-hydrogen) atoms. The zero-order valence-electron chi connectivity index (χ0n) is 9.42. The Hall–Kier alpha value is -1.74. The first-order valence-electron chi connectivity index (χ1n) is 4.91. The van der Waals surface area contributed by atoms with E-state index in [1.807, 2.05) is 0 Å². The Bertz CT molecular complexity index is 563. The zero-order chi connectivity index (χ0) is 14.5. The SMILES string of the molecule is O=NN(CCCl)C(=O)Nc1ccc(S(=O)(=O)F)cc1. The molecule has 1 aromatic carbocycles. The van der Waals surface area contributed by atoms with E-state index in [9.17, 15) is 22.0 Å². The van der Waals surface area contributed by atoms with Gasteiger partial charge < -0.3 is 5.32 Å². The maximum atomic E-state index is 12.6. The summed E-state index contributed by atoms with van der Waals surface area (Å²) in [6, 6.07) is 3.48. The van der Waals surface area contributed by atoms with E-state index in [2.05, 4.69) is 10.6 Å². The molecular weight excluding hydrogens is 301 g/mol. The minimum absolute atomic E-state index is 0.0260. The summed E-state index contributed by atoms with van der Waals surface area (Å²) in [4.78, 5) is 21.3. The lowest BCUT2D eigenvalue weighted by atomic mass is 10.3. The summed E-state index contributed by atoms with van der Waals surface area (Å²) in [6.07, 6.45) is 0. The number of urea groups is 1. The van der Waals surface area contributed by atoms with Gasteiger partial charge in [-0.15, -0.1) is 20.4 Å². The molecule has 1 rings (SSSR count). The molecule has 2 amide bonds. The molecule has 0 aliphatic heterocycles. The van der Waals surface area contributed by atoms with Gasteiger partial charge in [0.05, 0.1) is 16.7 Å². The Morgan fingerprint density at radius 1 is 1.37 bits per heavy atom. The zero-order valence-corrected chi connectivity index (χ0v) is 11.0. The fraction of sp³-hybridized carbons (Fsp3) is 0.222. The number of carbonyl (C=O) groups is 1. The van der Waals surface area contributed by atoms with Gasteiger partial charge in [0.25, 0.3) is 0 Å². The predicted octanol–water partition coefficient (Wildman–Crippen LogP) is 2.10. The number of benzene rings is 1. The van der Waals surface area contributed by atoms with E-state index in [-0.39, 0.29) is 18.1 Å². The summed E-state index contributed by atoms with van der Waals surface area (Å²) in [5.41, 5.74) is 0.181. The predicted molar refractivity (Wildman–Crippen MR) is 67.0 cm³/mol. The van der Waals surface area contributed by atoms with Crippen molar-refractivity contribution in [1.29, 1.82) is 0 Å². The molecule has 0 saturated carbocycles. The highest BCUT2D eigenvalue weighted by molar-refractivity contribution is 7.86. The van der Waals surface area contributed by atoms with Crippen LogP contribution in [-0.4, -0.2) is 31.9 Å². The van der Waals surface area contributed by atoms with Crippen LogP contribution in [0.25, 0.3) is 0 Å². The van der Waals surface area contributed by atoms with Gasteiger partial charge in [0, 0.05) is 11.6 Å². The van der Waals surface area contributed by atoms with Crippen LogP contribution in [0.1, 0.15) is 0 Å². The molecule has 10 heteroatoms. The number of nitrogens with zero attached hydrogens (tertiary/aromatic N) is 2. The summed E-state index contributed by atoms with van der Waals surface area (Å²) < 4.78 is 33.8. The second-order valence-electron chi connectivity index (χ2n) is 3.29. The first kappa shape index (κ1) is 15.3. The maximum Gasteiger partial charge on any atom is 0.344 e. The second kappa shape index (κ2) is 6.43. The largest absolute Gasteiger partial charge is 0.344 e. The Balaban J connectivity index is 2.78. The molecule has 1 N–H and O–H groups in total. The van der Waals surface area contributed by atoms with Crippen LogP contribution in [0.4, 0.5) is 14.4 Å². The Morgan fingerprint density at radius 2 is 1.95 bits per heavy atom. The number of anilines is 1. The monoisotopic (exact) mass is 309 g/mol. The Morgan fingerprint density at radius 3 is 2.37 bits per heavy atom. The first-order chi connectivity index (χ1) is 8.88. The second-order valence-corrected chi connectivity index (χ2v) is 5.01. The van der Waals surface area contributed by atoms with Crippen LogP contribution in [0.3, 0.4) is 0 Å². The smallest absolute Gasteiger partial charge is 0.306 e. The standard InChI is InChI=1S/C9H9ClFN3O4S/c10-5-6-14(13-16)9(15)12-7-1-3-8(4-2-7)19(11,17)18/h1-4H,5-6H2,(H,12,15). The highest BCUT2D eigenvalue weighted by atomic mass is 35.5. The van der Waals surface area contributed by atoms with Crippen molar-refractivity contribution in [1.82, 2.24) is 5.01 Å².